The molecule has 0 bridgehead atoms. The fourth-order valence-electron chi connectivity index (χ4n) is 3.23. The van der Waals surface area contributed by atoms with E-state index >= 15 is 0 Å². The van der Waals surface area contributed by atoms with Crippen LogP contribution in [0.2, 0.25) is 0 Å². The molecule has 2 nitrogen and oxygen atoms in total. The smallest absolute Gasteiger partial charge is 0.0429 e. The molecule has 3 rings (SSSR count). The molecule has 1 heterocycles. The van der Waals surface area contributed by atoms with Crippen molar-refractivity contribution in [3.8, 4) is 0 Å². The Morgan fingerprint density at radius 3 is 2.81 bits per heavy atom. The largest absolute Gasteiger partial charge is 0.367 e. The van der Waals surface area contributed by atoms with E-state index < -0.39 is 0 Å². The van der Waals surface area contributed by atoms with Gasteiger partial charge in [0.05, 0.1) is 0 Å². The van der Waals surface area contributed by atoms with Crippen LogP contribution in [0, 0.1) is 6.92 Å². The highest BCUT2D eigenvalue weighted by molar-refractivity contribution is 5.57. The van der Waals surface area contributed by atoms with Crippen LogP contribution in [0.25, 0.3) is 0 Å². The van der Waals surface area contributed by atoms with E-state index in [9.17, 15) is 0 Å². The molecule has 0 spiro atoms. The number of rotatable bonds is 4. The second-order valence-corrected chi connectivity index (χ2v) is 6.01. The standard InChI is InChI=1S/C19H24N2/c1-15-8-9-19-18(11-15)7-4-10-21(19)14-17-6-3-5-16(12-17)13-20-2/h3,5-6,8-9,11-12,20H,4,7,10,13-14H2,1-2H3. The fourth-order valence-corrected chi connectivity index (χ4v) is 3.23. The lowest BCUT2D eigenvalue weighted by atomic mass is 9.99. The average molecular weight is 280 g/mol. The van der Waals surface area contributed by atoms with Gasteiger partial charge in [-0.05, 0) is 49.6 Å². The summed E-state index contributed by atoms with van der Waals surface area (Å²) in [5.74, 6) is 0. The molecule has 2 heteroatoms. The van der Waals surface area contributed by atoms with Gasteiger partial charge < -0.3 is 10.2 Å². The lowest BCUT2D eigenvalue weighted by Gasteiger charge is -2.31. The summed E-state index contributed by atoms with van der Waals surface area (Å²) in [4.78, 5) is 2.52. The van der Waals surface area contributed by atoms with Crippen molar-refractivity contribution in [2.45, 2.75) is 32.9 Å². The third-order valence-corrected chi connectivity index (χ3v) is 4.20. The molecular weight excluding hydrogens is 256 g/mol. The predicted molar refractivity (Wildman–Crippen MR) is 89.8 cm³/mol. The van der Waals surface area contributed by atoms with Crippen molar-refractivity contribution in [2.24, 2.45) is 0 Å². The molecule has 0 aliphatic carbocycles. The van der Waals surface area contributed by atoms with Crippen molar-refractivity contribution in [3.05, 3.63) is 64.7 Å². The molecule has 0 atom stereocenters. The molecule has 1 aliphatic rings. The lowest BCUT2D eigenvalue weighted by molar-refractivity contribution is 0.690. The Balaban J connectivity index is 1.81. The van der Waals surface area contributed by atoms with Gasteiger partial charge in [0.2, 0.25) is 0 Å². The predicted octanol–water partition coefficient (Wildman–Crippen LogP) is 3.67. The Bertz CT molecular complexity index is 619. The minimum Gasteiger partial charge on any atom is -0.367 e. The number of hydrogen-bond acceptors (Lipinski definition) is 2. The van der Waals surface area contributed by atoms with Crippen molar-refractivity contribution in [1.29, 1.82) is 0 Å². The van der Waals surface area contributed by atoms with Gasteiger partial charge in [0.15, 0.2) is 0 Å². The summed E-state index contributed by atoms with van der Waals surface area (Å²) < 4.78 is 0. The van der Waals surface area contributed by atoms with Crippen molar-refractivity contribution < 1.29 is 0 Å². The first kappa shape index (κ1) is 14.2. The maximum absolute atomic E-state index is 3.22. The lowest BCUT2D eigenvalue weighted by Crippen LogP contribution is -2.28. The number of hydrogen-bond donors (Lipinski definition) is 1. The van der Waals surface area contributed by atoms with Gasteiger partial charge in [-0.2, -0.15) is 0 Å². The van der Waals surface area contributed by atoms with Gasteiger partial charge in [-0.15, -0.1) is 0 Å². The Kier molecular flexibility index (Phi) is 4.26. The van der Waals surface area contributed by atoms with Crippen molar-refractivity contribution in [3.63, 3.8) is 0 Å². The summed E-state index contributed by atoms with van der Waals surface area (Å²) in [6.07, 6.45) is 2.47. The Morgan fingerprint density at radius 1 is 1.10 bits per heavy atom. The van der Waals surface area contributed by atoms with E-state index in [1.165, 1.54) is 40.8 Å². The normalized spacial score (nSPS) is 14.1. The van der Waals surface area contributed by atoms with Crippen LogP contribution in [0.3, 0.4) is 0 Å². The van der Waals surface area contributed by atoms with E-state index in [4.69, 9.17) is 0 Å². The second-order valence-electron chi connectivity index (χ2n) is 6.01. The van der Waals surface area contributed by atoms with E-state index in [0.717, 1.165) is 19.6 Å². The second kappa shape index (κ2) is 6.31. The number of anilines is 1. The van der Waals surface area contributed by atoms with Crippen LogP contribution in [0.1, 0.15) is 28.7 Å². The van der Waals surface area contributed by atoms with Crippen LogP contribution >= 0.6 is 0 Å². The van der Waals surface area contributed by atoms with Crippen LogP contribution in [0.5, 0.6) is 0 Å². The van der Waals surface area contributed by atoms with E-state index in [0.29, 0.717) is 0 Å². The minimum absolute atomic E-state index is 0.934. The van der Waals surface area contributed by atoms with Crippen LogP contribution in [0.4, 0.5) is 5.69 Å². The van der Waals surface area contributed by atoms with Crippen LogP contribution in [0.15, 0.2) is 42.5 Å². The van der Waals surface area contributed by atoms with Gasteiger partial charge in [0, 0.05) is 25.3 Å². The third kappa shape index (κ3) is 3.27. The van der Waals surface area contributed by atoms with Crippen LogP contribution in [-0.2, 0) is 19.5 Å². The molecule has 0 saturated carbocycles. The molecule has 0 fully saturated rings. The highest BCUT2D eigenvalue weighted by atomic mass is 15.1. The van der Waals surface area contributed by atoms with E-state index in [2.05, 4.69) is 59.6 Å². The molecule has 0 unspecified atom stereocenters. The molecular formula is C19H24N2. The van der Waals surface area contributed by atoms with E-state index in [-0.39, 0.29) is 0 Å². The topological polar surface area (TPSA) is 15.3 Å². The quantitative estimate of drug-likeness (QED) is 0.919. The summed E-state index contributed by atoms with van der Waals surface area (Å²) in [6, 6.07) is 15.8. The zero-order valence-corrected chi connectivity index (χ0v) is 13.0. The molecule has 0 radical (unpaired) electrons. The number of benzene rings is 2. The molecule has 110 valence electrons. The fraction of sp³-hybridized carbons (Fsp3) is 0.368. The summed E-state index contributed by atoms with van der Waals surface area (Å²) in [7, 11) is 2.00. The number of nitrogens with one attached hydrogen (secondary N) is 1. The van der Waals surface area contributed by atoms with E-state index in [1.54, 1.807) is 0 Å². The van der Waals surface area contributed by atoms with Crippen LogP contribution < -0.4 is 10.2 Å². The highest BCUT2D eigenvalue weighted by Crippen LogP contribution is 2.29. The molecule has 0 aromatic heterocycles. The third-order valence-electron chi connectivity index (χ3n) is 4.20. The van der Waals surface area contributed by atoms with Gasteiger partial charge in [0.25, 0.3) is 0 Å². The van der Waals surface area contributed by atoms with Gasteiger partial charge >= 0.3 is 0 Å². The molecule has 21 heavy (non-hydrogen) atoms. The van der Waals surface area contributed by atoms with Crippen molar-refractivity contribution in [1.82, 2.24) is 5.32 Å². The van der Waals surface area contributed by atoms with Crippen molar-refractivity contribution >= 4 is 5.69 Å². The Hall–Kier alpha value is -1.80. The zero-order chi connectivity index (χ0) is 14.7. The van der Waals surface area contributed by atoms with Gasteiger partial charge in [0.1, 0.15) is 0 Å². The summed E-state index contributed by atoms with van der Waals surface area (Å²) in [6.45, 7) is 5.28. The van der Waals surface area contributed by atoms with Gasteiger partial charge in [-0.1, -0.05) is 42.0 Å². The van der Waals surface area contributed by atoms with Crippen LogP contribution in [-0.4, -0.2) is 13.6 Å². The highest BCUT2D eigenvalue weighted by Gasteiger charge is 2.16. The molecule has 0 saturated heterocycles. The Morgan fingerprint density at radius 2 is 1.95 bits per heavy atom. The maximum atomic E-state index is 3.22. The minimum atomic E-state index is 0.934. The van der Waals surface area contributed by atoms with E-state index in [1.807, 2.05) is 7.05 Å². The first-order valence-electron chi connectivity index (χ1n) is 7.83. The molecule has 0 amide bonds. The number of fused-ring (bicyclic) bond motifs is 1. The molecule has 2 aromatic carbocycles. The number of aryl methyl sites for hydroxylation is 2. The SMILES string of the molecule is CNCc1cccc(CN2CCCc3cc(C)ccc32)c1. The first-order chi connectivity index (χ1) is 10.3. The summed E-state index contributed by atoms with van der Waals surface area (Å²) >= 11 is 0. The summed E-state index contributed by atoms with van der Waals surface area (Å²) in [5.41, 5.74) is 7.05. The maximum Gasteiger partial charge on any atom is 0.0429 e. The monoisotopic (exact) mass is 280 g/mol. The number of nitrogens with zero attached hydrogens (tertiary/aromatic N) is 1. The Labute approximate surface area is 127 Å². The van der Waals surface area contributed by atoms with Crippen molar-refractivity contribution in [2.75, 3.05) is 18.5 Å². The van der Waals surface area contributed by atoms with Gasteiger partial charge in [-0.3, -0.25) is 0 Å². The van der Waals surface area contributed by atoms with Gasteiger partial charge in [-0.25, -0.2) is 0 Å². The first-order valence-corrected chi connectivity index (χ1v) is 7.83. The average Bonchev–Trinajstić information content (AvgIpc) is 2.48. The molecule has 1 N–H and O–H groups in total. The summed E-state index contributed by atoms with van der Waals surface area (Å²) in [5, 5.41) is 3.22. The molecule has 1 aliphatic heterocycles. The molecule has 2 aromatic rings. The zero-order valence-electron chi connectivity index (χ0n) is 13.0.